The normalized spacial score (nSPS) is 17.8. The van der Waals surface area contributed by atoms with Gasteiger partial charge in [0, 0.05) is 24.8 Å². The molecule has 0 radical (unpaired) electrons. The Morgan fingerprint density at radius 2 is 1.90 bits per heavy atom. The van der Waals surface area contributed by atoms with Gasteiger partial charge in [0.2, 0.25) is 5.91 Å². The van der Waals surface area contributed by atoms with Crippen molar-refractivity contribution in [1.29, 1.82) is 0 Å². The van der Waals surface area contributed by atoms with Crippen molar-refractivity contribution in [2.45, 2.75) is 45.2 Å². The highest BCUT2D eigenvalue weighted by Crippen LogP contribution is 2.19. The van der Waals surface area contributed by atoms with Gasteiger partial charge in [-0.15, -0.1) is 0 Å². The summed E-state index contributed by atoms with van der Waals surface area (Å²) in [6.45, 7) is 6.14. The summed E-state index contributed by atoms with van der Waals surface area (Å²) in [5, 5.41) is 3.11. The maximum absolute atomic E-state index is 12.0. The molecule has 1 aromatic rings. The summed E-state index contributed by atoms with van der Waals surface area (Å²) in [5.74, 6) is 0.451. The van der Waals surface area contributed by atoms with Crippen LogP contribution in [0.3, 0.4) is 0 Å². The van der Waals surface area contributed by atoms with Crippen molar-refractivity contribution >= 4 is 11.6 Å². The van der Waals surface area contributed by atoms with Gasteiger partial charge in [-0.3, -0.25) is 4.79 Å². The lowest BCUT2D eigenvalue weighted by Crippen LogP contribution is -2.50. The average molecular weight is 289 g/mol. The number of para-hydroxylation sites is 1. The SMILES string of the molecule is CC(C)C[C@H](N)C(=O)NC1CCN(c2ccccc2)CC1. The second-order valence-corrected chi connectivity index (χ2v) is 6.34. The van der Waals surface area contributed by atoms with Gasteiger partial charge in [0.15, 0.2) is 0 Å². The Bertz CT molecular complexity index is 439. The smallest absolute Gasteiger partial charge is 0.237 e. The van der Waals surface area contributed by atoms with E-state index in [-0.39, 0.29) is 18.0 Å². The molecule has 0 saturated carbocycles. The van der Waals surface area contributed by atoms with E-state index in [9.17, 15) is 4.79 Å². The van der Waals surface area contributed by atoms with Crippen molar-refractivity contribution in [3.05, 3.63) is 30.3 Å². The van der Waals surface area contributed by atoms with E-state index in [1.807, 2.05) is 6.07 Å². The number of hydrogen-bond donors (Lipinski definition) is 2. The van der Waals surface area contributed by atoms with Crippen LogP contribution in [-0.4, -0.2) is 31.1 Å². The van der Waals surface area contributed by atoms with Crippen LogP contribution in [0, 0.1) is 5.92 Å². The molecule has 1 heterocycles. The number of hydrogen-bond acceptors (Lipinski definition) is 3. The molecule has 1 aliphatic heterocycles. The van der Waals surface area contributed by atoms with Crippen molar-refractivity contribution in [2.75, 3.05) is 18.0 Å². The summed E-state index contributed by atoms with van der Waals surface area (Å²) in [6, 6.07) is 10.3. The highest BCUT2D eigenvalue weighted by atomic mass is 16.2. The monoisotopic (exact) mass is 289 g/mol. The number of piperidine rings is 1. The van der Waals surface area contributed by atoms with E-state index in [2.05, 4.69) is 48.3 Å². The standard InChI is InChI=1S/C17H27N3O/c1-13(2)12-16(18)17(21)19-14-8-10-20(11-9-14)15-6-4-3-5-7-15/h3-7,13-14,16H,8-12,18H2,1-2H3,(H,19,21)/t16-/m0/s1. The molecule has 1 saturated heterocycles. The second-order valence-electron chi connectivity index (χ2n) is 6.34. The maximum atomic E-state index is 12.0. The largest absolute Gasteiger partial charge is 0.371 e. The number of nitrogens with two attached hydrogens (primary N) is 1. The van der Waals surface area contributed by atoms with Crippen LogP contribution in [-0.2, 0) is 4.79 Å². The molecule has 0 aliphatic carbocycles. The third-order valence-electron chi connectivity index (χ3n) is 4.02. The van der Waals surface area contributed by atoms with Gasteiger partial charge in [-0.25, -0.2) is 0 Å². The minimum Gasteiger partial charge on any atom is -0.371 e. The van der Waals surface area contributed by atoms with Gasteiger partial charge in [0.1, 0.15) is 0 Å². The molecular formula is C17H27N3O. The fraction of sp³-hybridized carbons (Fsp3) is 0.588. The van der Waals surface area contributed by atoms with Crippen LogP contribution in [0.15, 0.2) is 30.3 Å². The molecule has 0 unspecified atom stereocenters. The number of nitrogens with zero attached hydrogens (tertiary/aromatic N) is 1. The highest BCUT2D eigenvalue weighted by Gasteiger charge is 2.23. The third kappa shape index (κ3) is 4.74. The fourth-order valence-corrected chi connectivity index (χ4v) is 2.84. The molecular weight excluding hydrogens is 262 g/mol. The first-order chi connectivity index (χ1) is 10.1. The van der Waals surface area contributed by atoms with E-state index in [1.54, 1.807) is 0 Å². The first-order valence-electron chi connectivity index (χ1n) is 7.92. The van der Waals surface area contributed by atoms with Crippen LogP contribution in [0.2, 0.25) is 0 Å². The van der Waals surface area contributed by atoms with Gasteiger partial charge in [-0.05, 0) is 37.3 Å². The fourth-order valence-electron chi connectivity index (χ4n) is 2.84. The van der Waals surface area contributed by atoms with Crippen LogP contribution in [0.5, 0.6) is 0 Å². The molecule has 1 aromatic carbocycles. The summed E-state index contributed by atoms with van der Waals surface area (Å²) < 4.78 is 0. The van der Waals surface area contributed by atoms with Gasteiger partial charge in [0.05, 0.1) is 6.04 Å². The molecule has 3 N–H and O–H groups in total. The molecule has 1 aliphatic rings. The van der Waals surface area contributed by atoms with Crippen LogP contribution in [0.1, 0.15) is 33.1 Å². The van der Waals surface area contributed by atoms with E-state index in [1.165, 1.54) is 5.69 Å². The van der Waals surface area contributed by atoms with Crippen molar-refractivity contribution in [3.8, 4) is 0 Å². The minimum absolute atomic E-state index is 0.00172. The first-order valence-corrected chi connectivity index (χ1v) is 7.92. The molecule has 0 spiro atoms. The van der Waals surface area contributed by atoms with Crippen LogP contribution in [0.4, 0.5) is 5.69 Å². The molecule has 21 heavy (non-hydrogen) atoms. The minimum atomic E-state index is -0.378. The number of nitrogens with one attached hydrogen (secondary N) is 1. The zero-order valence-corrected chi connectivity index (χ0v) is 13.1. The van der Waals surface area contributed by atoms with Crippen molar-refractivity contribution in [1.82, 2.24) is 5.32 Å². The first kappa shape index (κ1) is 15.8. The summed E-state index contributed by atoms with van der Waals surface area (Å²) in [5.41, 5.74) is 7.19. The zero-order valence-electron chi connectivity index (χ0n) is 13.1. The number of carbonyl (C=O) groups excluding carboxylic acids is 1. The highest BCUT2D eigenvalue weighted by molar-refractivity contribution is 5.81. The number of anilines is 1. The number of carbonyl (C=O) groups is 1. The Hall–Kier alpha value is -1.55. The van der Waals surface area contributed by atoms with Crippen LogP contribution >= 0.6 is 0 Å². The Morgan fingerprint density at radius 1 is 1.29 bits per heavy atom. The lowest BCUT2D eigenvalue weighted by molar-refractivity contribution is -0.123. The van der Waals surface area contributed by atoms with E-state index in [4.69, 9.17) is 5.73 Å². The molecule has 0 aromatic heterocycles. The Labute approximate surface area is 127 Å². The molecule has 116 valence electrons. The van der Waals surface area contributed by atoms with E-state index >= 15 is 0 Å². The molecule has 4 nitrogen and oxygen atoms in total. The molecule has 1 atom stereocenters. The summed E-state index contributed by atoms with van der Waals surface area (Å²) in [7, 11) is 0. The second kappa shape index (κ2) is 7.46. The topological polar surface area (TPSA) is 58.4 Å². The van der Waals surface area contributed by atoms with Crippen molar-refractivity contribution in [2.24, 2.45) is 11.7 Å². The molecule has 1 amide bonds. The predicted molar refractivity (Wildman–Crippen MR) is 87.3 cm³/mol. The lowest BCUT2D eigenvalue weighted by Gasteiger charge is -2.34. The summed E-state index contributed by atoms with van der Waals surface area (Å²) in [6.07, 6.45) is 2.71. The van der Waals surface area contributed by atoms with Crippen molar-refractivity contribution in [3.63, 3.8) is 0 Å². The number of rotatable bonds is 5. The predicted octanol–water partition coefficient (Wildman–Crippen LogP) is 2.14. The van der Waals surface area contributed by atoms with E-state index in [0.717, 1.165) is 32.4 Å². The molecule has 2 rings (SSSR count). The van der Waals surface area contributed by atoms with Gasteiger partial charge in [-0.1, -0.05) is 32.0 Å². The third-order valence-corrected chi connectivity index (χ3v) is 4.02. The Morgan fingerprint density at radius 3 is 2.48 bits per heavy atom. The maximum Gasteiger partial charge on any atom is 0.237 e. The number of benzene rings is 1. The average Bonchev–Trinajstić information content (AvgIpc) is 2.48. The molecule has 1 fully saturated rings. The lowest BCUT2D eigenvalue weighted by atomic mass is 10.0. The molecule has 4 heteroatoms. The van der Waals surface area contributed by atoms with Gasteiger partial charge < -0.3 is 16.0 Å². The van der Waals surface area contributed by atoms with Crippen molar-refractivity contribution < 1.29 is 4.79 Å². The van der Waals surface area contributed by atoms with Gasteiger partial charge >= 0.3 is 0 Å². The van der Waals surface area contributed by atoms with Gasteiger partial charge in [-0.2, -0.15) is 0 Å². The zero-order chi connectivity index (χ0) is 15.2. The van der Waals surface area contributed by atoms with Crippen LogP contribution < -0.4 is 16.0 Å². The summed E-state index contributed by atoms with van der Waals surface area (Å²) >= 11 is 0. The van der Waals surface area contributed by atoms with E-state index < -0.39 is 0 Å². The quantitative estimate of drug-likeness (QED) is 0.873. The van der Waals surface area contributed by atoms with E-state index in [0.29, 0.717) is 5.92 Å². The summed E-state index contributed by atoms with van der Waals surface area (Å²) in [4.78, 5) is 14.4. The Balaban J connectivity index is 1.78. The number of amides is 1. The molecule has 0 bridgehead atoms. The Kier molecular flexibility index (Phi) is 5.62. The van der Waals surface area contributed by atoms with Crippen LogP contribution in [0.25, 0.3) is 0 Å². The van der Waals surface area contributed by atoms with Gasteiger partial charge in [0.25, 0.3) is 0 Å².